The van der Waals surface area contributed by atoms with Gasteiger partial charge in [0.1, 0.15) is 5.75 Å². The van der Waals surface area contributed by atoms with Crippen LogP contribution >= 0.6 is 11.6 Å². The number of Topliss-reactive ketones (excluding diaryl/α,β-unsaturated/α-hetero) is 1. The lowest BCUT2D eigenvalue weighted by molar-refractivity contribution is -0.117. The van der Waals surface area contributed by atoms with Gasteiger partial charge in [-0.3, -0.25) is 14.5 Å². The smallest absolute Gasteiger partial charge is 0.294 e. The molecular weight excluding hydrogens is 406 g/mol. The second kappa shape index (κ2) is 8.08. The van der Waals surface area contributed by atoms with E-state index in [0.29, 0.717) is 28.6 Å². The first kappa shape index (κ1) is 19.8. The van der Waals surface area contributed by atoms with Crippen LogP contribution in [0.4, 0.5) is 5.69 Å². The van der Waals surface area contributed by atoms with E-state index >= 15 is 0 Å². The lowest BCUT2D eigenvalue weighted by Crippen LogP contribution is -2.31. The Morgan fingerprint density at radius 2 is 1.93 bits per heavy atom. The van der Waals surface area contributed by atoms with Crippen LogP contribution in [0.2, 0.25) is 5.02 Å². The molecule has 6 nitrogen and oxygen atoms in total. The van der Waals surface area contributed by atoms with Crippen LogP contribution in [-0.4, -0.2) is 23.4 Å². The van der Waals surface area contributed by atoms with Crippen molar-refractivity contribution >= 4 is 29.0 Å². The van der Waals surface area contributed by atoms with Gasteiger partial charge in [-0.1, -0.05) is 29.8 Å². The Morgan fingerprint density at radius 3 is 2.57 bits per heavy atom. The summed E-state index contributed by atoms with van der Waals surface area (Å²) in [6.45, 7) is 2.39. The molecular formula is C23H18ClNO5. The second-order valence-electron chi connectivity index (χ2n) is 6.63. The van der Waals surface area contributed by atoms with E-state index in [1.807, 2.05) is 6.92 Å². The van der Waals surface area contributed by atoms with Crippen LogP contribution in [0.1, 0.15) is 29.1 Å². The number of ether oxygens (including phenoxy) is 1. The van der Waals surface area contributed by atoms with Gasteiger partial charge in [0.05, 0.1) is 24.5 Å². The van der Waals surface area contributed by atoms with Crippen molar-refractivity contribution in [1.82, 2.24) is 0 Å². The SMILES string of the molecule is CCOc1ccc(C2C(C(=O)c3ccco3)=C(O)C(=O)N2c2cccc(Cl)c2)cc1. The molecule has 2 aromatic carbocycles. The molecule has 1 aliphatic rings. The van der Waals surface area contributed by atoms with Crippen LogP contribution < -0.4 is 9.64 Å². The maximum Gasteiger partial charge on any atom is 0.294 e. The number of furan rings is 1. The molecule has 0 fully saturated rings. The minimum atomic E-state index is -0.857. The van der Waals surface area contributed by atoms with E-state index in [1.54, 1.807) is 54.6 Å². The second-order valence-corrected chi connectivity index (χ2v) is 7.06. The molecule has 0 saturated carbocycles. The van der Waals surface area contributed by atoms with Crippen LogP contribution in [0.3, 0.4) is 0 Å². The molecule has 1 unspecified atom stereocenters. The van der Waals surface area contributed by atoms with Crippen molar-refractivity contribution < 1.29 is 23.8 Å². The number of benzene rings is 2. The third-order valence-corrected chi connectivity index (χ3v) is 5.03. The van der Waals surface area contributed by atoms with Gasteiger partial charge in [-0.2, -0.15) is 0 Å². The Kier molecular flexibility index (Phi) is 5.33. The third-order valence-electron chi connectivity index (χ3n) is 4.79. The molecule has 2 heterocycles. The molecule has 30 heavy (non-hydrogen) atoms. The zero-order valence-corrected chi connectivity index (χ0v) is 16.8. The van der Waals surface area contributed by atoms with Gasteiger partial charge >= 0.3 is 0 Å². The third kappa shape index (κ3) is 3.46. The summed E-state index contributed by atoms with van der Waals surface area (Å²) >= 11 is 6.12. The number of hydrogen-bond acceptors (Lipinski definition) is 5. The Bertz CT molecular complexity index is 1120. The average Bonchev–Trinajstić information content (AvgIpc) is 3.36. The Balaban J connectivity index is 1.85. The predicted molar refractivity (Wildman–Crippen MR) is 112 cm³/mol. The Morgan fingerprint density at radius 1 is 1.17 bits per heavy atom. The summed E-state index contributed by atoms with van der Waals surface area (Å²) in [7, 11) is 0. The molecule has 0 aliphatic carbocycles. The Labute approximate surface area is 177 Å². The highest BCUT2D eigenvalue weighted by molar-refractivity contribution is 6.31. The number of ketones is 1. The molecule has 0 radical (unpaired) electrons. The molecule has 1 atom stereocenters. The number of carbonyl (C=O) groups is 2. The molecule has 3 aromatic rings. The van der Waals surface area contributed by atoms with E-state index in [9.17, 15) is 14.7 Å². The normalized spacial score (nSPS) is 16.3. The molecule has 0 saturated heterocycles. The highest BCUT2D eigenvalue weighted by Gasteiger charge is 2.45. The summed E-state index contributed by atoms with van der Waals surface area (Å²) in [5, 5.41) is 11.1. The van der Waals surface area contributed by atoms with Gasteiger partial charge in [0.15, 0.2) is 11.5 Å². The number of amides is 1. The van der Waals surface area contributed by atoms with Crippen LogP contribution in [0.25, 0.3) is 0 Å². The predicted octanol–water partition coefficient (Wildman–Crippen LogP) is 5.11. The molecule has 1 aromatic heterocycles. The first-order chi connectivity index (χ1) is 14.5. The number of carbonyl (C=O) groups excluding carboxylic acids is 2. The summed E-state index contributed by atoms with van der Waals surface area (Å²) in [4.78, 5) is 27.5. The van der Waals surface area contributed by atoms with E-state index in [-0.39, 0.29) is 11.3 Å². The lowest BCUT2D eigenvalue weighted by atomic mass is 9.94. The largest absolute Gasteiger partial charge is 0.503 e. The number of aliphatic hydroxyl groups is 1. The highest BCUT2D eigenvalue weighted by atomic mass is 35.5. The van der Waals surface area contributed by atoms with E-state index in [2.05, 4.69) is 0 Å². The molecule has 152 valence electrons. The molecule has 1 aliphatic heterocycles. The minimum absolute atomic E-state index is 0.0354. The number of nitrogens with zero attached hydrogens (tertiary/aromatic N) is 1. The number of aliphatic hydroxyl groups excluding tert-OH is 1. The van der Waals surface area contributed by atoms with E-state index in [0.717, 1.165) is 0 Å². The summed E-state index contributed by atoms with van der Waals surface area (Å²) in [5.74, 6) is -1.17. The van der Waals surface area contributed by atoms with E-state index in [4.69, 9.17) is 20.8 Å². The standard InChI is InChI=1S/C23H18ClNO5/c1-2-29-17-10-8-14(9-11-17)20-19(21(26)18-7-4-12-30-18)22(27)23(28)25(20)16-6-3-5-15(24)13-16/h3-13,20,27H,2H2,1H3. The number of anilines is 1. The van der Waals surface area contributed by atoms with Crippen LogP contribution in [-0.2, 0) is 4.79 Å². The summed E-state index contributed by atoms with van der Waals surface area (Å²) in [6, 6.07) is 15.9. The van der Waals surface area contributed by atoms with Gasteiger partial charge in [0.2, 0.25) is 5.78 Å². The summed E-state index contributed by atoms with van der Waals surface area (Å²) in [6.07, 6.45) is 1.36. The fourth-order valence-electron chi connectivity index (χ4n) is 3.50. The maximum atomic E-state index is 13.1. The van der Waals surface area contributed by atoms with Gasteiger partial charge < -0.3 is 14.3 Å². The van der Waals surface area contributed by atoms with Crippen LogP contribution in [0, 0.1) is 0 Å². The zero-order chi connectivity index (χ0) is 21.3. The topological polar surface area (TPSA) is 80.0 Å². The van der Waals surface area contributed by atoms with E-state index < -0.39 is 23.5 Å². The molecule has 7 heteroatoms. The molecule has 4 rings (SSSR count). The maximum absolute atomic E-state index is 13.1. The lowest BCUT2D eigenvalue weighted by Gasteiger charge is -2.27. The quantitative estimate of drug-likeness (QED) is 0.557. The number of halogens is 1. The van der Waals surface area contributed by atoms with Crippen molar-refractivity contribution in [3.63, 3.8) is 0 Å². The van der Waals surface area contributed by atoms with E-state index in [1.165, 1.54) is 17.2 Å². The number of rotatable bonds is 6. The molecule has 1 amide bonds. The molecule has 0 bridgehead atoms. The fraction of sp³-hybridized carbons (Fsp3) is 0.130. The van der Waals surface area contributed by atoms with Crippen molar-refractivity contribution in [2.75, 3.05) is 11.5 Å². The van der Waals surface area contributed by atoms with Gasteiger partial charge in [0, 0.05) is 10.7 Å². The first-order valence-electron chi connectivity index (χ1n) is 9.34. The van der Waals surface area contributed by atoms with Crippen molar-refractivity contribution in [3.8, 4) is 5.75 Å². The van der Waals surface area contributed by atoms with Gasteiger partial charge in [-0.15, -0.1) is 0 Å². The van der Waals surface area contributed by atoms with Crippen molar-refractivity contribution in [1.29, 1.82) is 0 Å². The minimum Gasteiger partial charge on any atom is -0.503 e. The zero-order valence-electron chi connectivity index (χ0n) is 16.0. The first-order valence-corrected chi connectivity index (χ1v) is 9.72. The van der Waals surface area contributed by atoms with Crippen molar-refractivity contribution in [3.05, 3.63) is 94.6 Å². The Hall–Kier alpha value is -3.51. The van der Waals surface area contributed by atoms with Crippen LogP contribution in [0.15, 0.2) is 82.7 Å². The fourth-order valence-corrected chi connectivity index (χ4v) is 3.68. The molecule has 0 spiro atoms. The summed E-state index contributed by atoms with van der Waals surface area (Å²) < 4.78 is 10.7. The van der Waals surface area contributed by atoms with Gasteiger partial charge in [-0.25, -0.2) is 0 Å². The number of hydrogen-bond donors (Lipinski definition) is 1. The van der Waals surface area contributed by atoms with Crippen molar-refractivity contribution in [2.45, 2.75) is 13.0 Å². The summed E-state index contributed by atoms with van der Waals surface area (Å²) in [5.41, 5.74) is 1.03. The van der Waals surface area contributed by atoms with Gasteiger partial charge in [-0.05, 0) is 55.0 Å². The average molecular weight is 424 g/mol. The highest BCUT2D eigenvalue weighted by Crippen LogP contribution is 2.42. The monoisotopic (exact) mass is 423 g/mol. The van der Waals surface area contributed by atoms with Crippen molar-refractivity contribution in [2.24, 2.45) is 0 Å². The van der Waals surface area contributed by atoms with Gasteiger partial charge in [0.25, 0.3) is 5.91 Å². The van der Waals surface area contributed by atoms with Crippen LogP contribution in [0.5, 0.6) is 5.75 Å². The molecule has 1 N–H and O–H groups in total.